The van der Waals surface area contributed by atoms with E-state index in [9.17, 15) is 0 Å². The summed E-state index contributed by atoms with van der Waals surface area (Å²) in [5, 5.41) is 9.52. The van der Waals surface area contributed by atoms with Gasteiger partial charge in [-0.2, -0.15) is 0 Å². The second-order valence-corrected chi connectivity index (χ2v) is 5.79. The fourth-order valence-corrected chi connectivity index (χ4v) is 2.80. The molecule has 0 amide bonds. The topological polar surface area (TPSA) is 41.9 Å². The van der Waals surface area contributed by atoms with Gasteiger partial charge in [-0.3, -0.25) is 4.90 Å². The molecule has 0 atom stereocenters. The number of hydrogen-bond donors (Lipinski definition) is 1. The van der Waals surface area contributed by atoms with Crippen molar-refractivity contribution in [2.75, 3.05) is 33.4 Å². The van der Waals surface area contributed by atoms with Gasteiger partial charge in [-0.1, -0.05) is 17.7 Å². The lowest BCUT2D eigenvalue weighted by molar-refractivity contribution is 0.000791. The summed E-state index contributed by atoms with van der Waals surface area (Å²) in [5.74, 6) is 0.791. The molecular formula is C16H24ClNO3. The molecule has 1 heterocycles. The molecule has 0 unspecified atom stereocenters. The number of halogens is 1. The third kappa shape index (κ3) is 5.15. The molecule has 1 aliphatic heterocycles. The van der Waals surface area contributed by atoms with E-state index in [1.165, 1.54) is 0 Å². The van der Waals surface area contributed by atoms with Crippen LogP contribution in [0.1, 0.15) is 24.8 Å². The second kappa shape index (κ2) is 8.59. The SMILES string of the molecule is COc1ccc(CN2CCC(OCCCO)CC2)c(Cl)c1. The van der Waals surface area contributed by atoms with Crippen LogP contribution in [0.2, 0.25) is 5.02 Å². The fourth-order valence-electron chi connectivity index (χ4n) is 2.57. The lowest BCUT2D eigenvalue weighted by Gasteiger charge is -2.32. The Balaban J connectivity index is 1.78. The third-order valence-electron chi connectivity index (χ3n) is 3.84. The highest BCUT2D eigenvalue weighted by Crippen LogP contribution is 2.25. The summed E-state index contributed by atoms with van der Waals surface area (Å²) in [6.07, 6.45) is 3.14. The maximum absolute atomic E-state index is 8.76. The van der Waals surface area contributed by atoms with Crippen LogP contribution in [0.3, 0.4) is 0 Å². The minimum Gasteiger partial charge on any atom is -0.497 e. The highest BCUT2D eigenvalue weighted by atomic mass is 35.5. The zero-order valence-corrected chi connectivity index (χ0v) is 13.3. The van der Waals surface area contributed by atoms with E-state index in [0.717, 1.165) is 55.2 Å². The van der Waals surface area contributed by atoms with Gasteiger partial charge >= 0.3 is 0 Å². The summed E-state index contributed by atoms with van der Waals surface area (Å²) in [6.45, 7) is 3.77. The zero-order valence-electron chi connectivity index (χ0n) is 12.6. The molecule has 1 aromatic carbocycles. The zero-order chi connectivity index (χ0) is 15.1. The summed E-state index contributed by atoms with van der Waals surface area (Å²) < 4.78 is 10.9. The van der Waals surface area contributed by atoms with Crippen LogP contribution >= 0.6 is 11.6 Å². The number of benzene rings is 1. The molecule has 0 radical (unpaired) electrons. The molecule has 4 nitrogen and oxygen atoms in total. The Kier molecular flexibility index (Phi) is 6.77. The van der Waals surface area contributed by atoms with Crippen molar-refractivity contribution < 1.29 is 14.6 Å². The number of piperidine rings is 1. The number of aliphatic hydroxyl groups is 1. The molecule has 21 heavy (non-hydrogen) atoms. The Bertz CT molecular complexity index is 434. The molecule has 0 aliphatic carbocycles. The monoisotopic (exact) mass is 313 g/mol. The van der Waals surface area contributed by atoms with E-state index in [1.54, 1.807) is 7.11 Å². The fraction of sp³-hybridized carbons (Fsp3) is 0.625. The van der Waals surface area contributed by atoms with Crippen LogP contribution in [0.5, 0.6) is 5.75 Å². The average molecular weight is 314 g/mol. The molecule has 0 saturated carbocycles. The maximum Gasteiger partial charge on any atom is 0.120 e. The Morgan fingerprint density at radius 2 is 2.10 bits per heavy atom. The van der Waals surface area contributed by atoms with E-state index in [-0.39, 0.29) is 6.61 Å². The minimum atomic E-state index is 0.203. The van der Waals surface area contributed by atoms with Crippen LogP contribution in [-0.2, 0) is 11.3 Å². The number of ether oxygens (including phenoxy) is 2. The van der Waals surface area contributed by atoms with E-state index >= 15 is 0 Å². The number of rotatable bonds is 7. The summed E-state index contributed by atoms with van der Waals surface area (Å²) in [6, 6.07) is 5.85. The van der Waals surface area contributed by atoms with Crippen LogP contribution in [0, 0.1) is 0 Å². The van der Waals surface area contributed by atoms with Crippen molar-refractivity contribution in [2.24, 2.45) is 0 Å². The molecule has 0 spiro atoms. The molecule has 0 bridgehead atoms. The average Bonchev–Trinajstić information content (AvgIpc) is 2.51. The van der Waals surface area contributed by atoms with E-state index in [0.29, 0.717) is 12.7 Å². The van der Waals surface area contributed by atoms with Crippen LogP contribution in [0.15, 0.2) is 18.2 Å². The summed E-state index contributed by atoms with van der Waals surface area (Å²) in [7, 11) is 1.65. The number of nitrogens with zero attached hydrogens (tertiary/aromatic N) is 1. The number of methoxy groups -OCH3 is 1. The molecular weight excluding hydrogens is 290 g/mol. The first-order chi connectivity index (χ1) is 10.2. The largest absolute Gasteiger partial charge is 0.497 e. The lowest BCUT2D eigenvalue weighted by Crippen LogP contribution is -2.36. The first kappa shape index (κ1) is 16.6. The number of hydrogen-bond acceptors (Lipinski definition) is 4. The molecule has 2 rings (SSSR count). The van der Waals surface area contributed by atoms with Crippen molar-refractivity contribution in [1.29, 1.82) is 0 Å². The predicted octanol–water partition coefficient (Wildman–Crippen LogP) is 2.71. The molecule has 1 aromatic rings. The summed E-state index contributed by atoms with van der Waals surface area (Å²) in [5.41, 5.74) is 1.14. The van der Waals surface area contributed by atoms with Crippen LogP contribution < -0.4 is 4.74 Å². The van der Waals surface area contributed by atoms with Crippen LogP contribution in [0.4, 0.5) is 0 Å². The molecule has 0 aromatic heterocycles. The van der Waals surface area contributed by atoms with Crippen molar-refractivity contribution in [3.8, 4) is 5.75 Å². The van der Waals surface area contributed by atoms with Crippen LogP contribution in [-0.4, -0.2) is 49.5 Å². The van der Waals surface area contributed by atoms with Crippen LogP contribution in [0.25, 0.3) is 0 Å². The normalized spacial score (nSPS) is 17.1. The first-order valence-corrected chi connectivity index (χ1v) is 7.88. The molecule has 1 N–H and O–H groups in total. The Morgan fingerprint density at radius 1 is 1.33 bits per heavy atom. The summed E-state index contributed by atoms with van der Waals surface area (Å²) >= 11 is 6.29. The third-order valence-corrected chi connectivity index (χ3v) is 4.20. The minimum absolute atomic E-state index is 0.203. The van der Waals surface area contributed by atoms with Crippen molar-refractivity contribution >= 4 is 11.6 Å². The Labute approximate surface area is 131 Å². The maximum atomic E-state index is 8.76. The van der Waals surface area contributed by atoms with E-state index < -0.39 is 0 Å². The number of aliphatic hydroxyl groups excluding tert-OH is 1. The van der Waals surface area contributed by atoms with Gasteiger partial charge in [-0.25, -0.2) is 0 Å². The second-order valence-electron chi connectivity index (χ2n) is 5.38. The molecule has 118 valence electrons. The van der Waals surface area contributed by atoms with Gasteiger partial charge in [0, 0.05) is 37.9 Å². The Hall–Kier alpha value is -0.810. The van der Waals surface area contributed by atoms with Crippen molar-refractivity contribution in [1.82, 2.24) is 4.90 Å². The number of likely N-dealkylation sites (tertiary alicyclic amines) is 1. The molecule has 1 aliphatic rings. The quantitative estimate of drug-likeness (QED) is 0.786. The van der Waals surface area contributed by atoms with E-state index in [2.05, 4.69) is 4.90 Å². The molecule has 5 heteroatoms. The van der Waals surface area contributed by atoms with Crippen molar-refractivity contribution in [2.45, 2.75) is 31.9 Å². The van der Waals surface area contributed by atoms with E-state index in [4.69, 9.17) is 26.2 Å². The van der Waals surface area contributed by atoms with Gasteiger partial charge < -0.3 is 14.6 Å². The standard InChI is InChI=1S/C16H24ClNO3/c1-20-15-4-3-13(16(17)11-15)12-18-7-5-14(6-8-18)21-10-2-9-19/h3-4,11,14,19H,2,5-10,12H2,1H3. The molecule has 1 saturated heterocycles. The molecule has 1 fully saturated rings. The van der Waals surface area contributed by atoms with Crippen molar-refractivity contribution in [3.05, 3.63) is 28.8 Å². The van der Waals surface area contributed by atoms with E-state index in [1.807, 2.05) is 18.2 Å². The van der Waals surface area contributed by atoms with Gasteiger partial charge in [0.1, 0.15) is 5.75 Å². The van der Waals surface area contributed by atoms with Gasteiger partial charge in [0.25, 0.3) is 0 Å². The van der Waals surface area contributed by atoms with Gasteiger partial charge in [0.2, 0.25) is 0 Å². The summed E-state index contributed by atoms with van der Waals surface area (Å²) in [4.78, 5) is 2.40. The lowest BCUT2D eigenvalue weighted by atomic mass is 10.1. The Morgan fingerprint density at radius 3 is 2.71 bits per heavy atom. The highest BCUT2D eigenvalue weighted by molar-refractivity contribution is 6.31. The van der Waals surface area contributed by atoms with Crippen molar-refractivity contribution in [3.63, 3.8) is 0 Å². The first-order valence-electron chi connectivity index (χ1n) is 7.50. The van der Waals surface area contributed by atoms with Gasteiger partial charge in [-0.05, 0) is 37.0 Å². The van der Waals surface area contributed by atoms with Gasteiger partial charge in [-0.15, -0.1) is 0 Å². The van der Waals surface area contributed by atoms with Gasteiger partial charge in [0.15, 0.2) is 0 Å². The smallest absolute Gasteiger partial charge is 0.120 e. The highest BCUT2D eigenvalue weighted by Gasteiger charge is 2.20. The predicted molar refractivity (Wildman–Crippen MR) is 84.0 cm³/mol. The van der Waals surface area contributed by atoms with Gasteiger partial charge in [0.05, 0.1) is 13.2 Å².